The smallest absolute Gasteiger partial charge is 0.231 e. The van der Waals surface area contributed by atoms with Crippen molar-refractivity contribution in [2.75, 3.05) is 6.79 Å². The number of hydrogen-bond donors (Lipinski definition) is 0. The molecule has 1 aliphatic heterocycles. The lowest BCUT2D eigenvalue weighted by molar-refractivity contribution is 0.0992. The number of ketones is 1. The van der Waals surface area contributed by atoms with Crippen LogP contribution in [0.15, 0.2) is 42.5 Å². The third kappa shape index (κ3) is 2.45. The zero-order valence-electron chi connectivity index (χ0n) is 10.7. The van der Waals surface area contributed by atoms with Crippen molar-refractivity contribution in [3.8, 4) is 11.5 Å². The third-order valence-electron chi connectivity index (χ3n) is 3.14. The highest BCUT2D eigenvalue weighted by molar-refractivity contribution is 5.98. The van der Waals surface area contributed by atoms with E-state index in [4.69, 9.17) is 9.47 Å². The van der Waals surface area contributed by atoms with Gasteiger partial charge in [0, 0.05) is 12.0 Å². The number of rotatable bonds is 3. The first-order chi connectivity index (χ1) is 9.22. The van der Waals surface area contributed by atoms with Gasteiger partial charge in [-0.2, -0.15) is 0 Å². The van der Waals surface area contributed by atoms with Crippen LogP contribution in [0.1, 0.15) is 21.5 Å². The fourth-order valence-electron chi connectivity index (χ4n) is 2.18. The van der Waals surface area contributed by atoms with Crippen LogP contribution in [0.2, 0.25) is 0 Å². The summed E-state index contributed by atoms with van der Waals surface area (Å²) < 4.78 is 10.5. The maximum atomic E-state index is 12.2. The Morgan fingerprint density at radius 2 is 1.95 bits per heavy atom. The van der Waals surface area contributed by atoms with Crippen molar-refractivity contribution in [1.29, 1.82) is 0 Å². The molecule has 0 radical (unpaired) electrons. The Hall–Kier alpha value is -2.29. The Labute approximate surface area is 111 Å². The summed E-state index contributed by atoms with van der Waals surface area (Å²) in [6.07, 6.45) is 0.404. The summed E-state index contributed by atoms with van der Waals surface area (Å²) >= 11 is 0. The van der Waals surface area contributed by atoms with Gasteiger partial charge in [-0.15, -0.1) is 0 Å². The molecule has 2 aromatic carbocycles. The van der Waals surface area contributed by atoms with Crippen LogP contribution in [0.5, 0.6) is 11.5 Å². The topological polar surface area (TPSA) is 35.5 Å². The maximum Gasteiger partial charge on any atom is 0.231 e. The molecule has 0 fully saturated rings. The van der Waals surface area contributed by atoms with E-state index in [0.29, 0.717) is 23.5 Å². The molecule has 3 heteroatoms. The van der Waals surface area contributed by atoms with Gasteiger partial charge in [-0.3, -0.25) is 4.79 Å². The molecule has 19 heavy (non-hydrogen) atoms. The minimum atomic E-state index is 0.0869. The Morgan fingerprint density at radius 3 is 2.79 bits per heavy atom. The summed E-state index contributed by atoms with van der Waals surface area (Å²) in [5.74, 6) is 1.44. The SMILES string of the molecule is Cc1cccc(CC(=O)c2ccc3c(c2)OCO3)c1. The van der Waals surface area contributed by atoms with E-state index in [1.54, 1.807) is 18.2 Å². The lowest BCUT2D eigenvalue weighted by Gasteiger charge is -2.04. The quantitative estimate of drug-likeness (QED) is 0.789. The van der Waals surface area contributed by atoms with E-state index >= 15 is 0 Å². The molecule has 3 rings (SSSR count). The molecule has 3 nitrogen and oxygen atoms in total. The maximum absolute atomic E-state index is 12.2. The van der Waals surface area contributed by atoms with Crippen molar-refractivity contribution in [3.63, 3.8) is 0 Å². The van der Waals surface area contributed by atoms with Gasteiger partial charge in [-0.1, -0.05) is 29.8 Å². The number of fused-ring (bicyclic) bond motifs is 1. The Bertz CT molecular complexity index is 632. The van der Waals surface area contributed by atoms with Crippen LogP contribution in [0.4, 0.5) is 0 Å². The first-order valence-corrected chi connectivity index (χ1v) is 6.21. The van der Waals surface area contributed by atoms with Gasteiger partial charge in [-0.05, 0) is 30.7 Å². The second kappa shape index (κ2) is 4.76. The third-order valence-corrected chi connectivity index (χ3v) is 3.14. The van der Waals surface area contributed by atoms with Gasteiger partial charge in [0.2, 0.25) is 6.79 Å². The van der Waals surface area contributed by atoms with E-state index in [0.717, 1.165) is 11.1 Å². The highest BCUT2D eigenvalue weighted by Gasteiger charge is 2.16. The number of aryl methyl sites for hydroxylation is 1. The highest BCUT2D eigenvalue weighted by Crippen LogP contribution is 2.32. The van der Waals surface area contributed by atoms with Crippen molar-refractivity contribution < 1.29 is 14.3 Å². The molecule has 1 aliphatic rings. The van der Waals surface area contributed by atoms with Gasteiger partial charge in [0.25, 0.3) is 0 Å². The molecule has 1 heterocycles. The van der Waals surface area contributed by atoms with E-state index in [2.05, 4.69) is 0 Å². The molecule has 0 amide bonds. The summed E-state index contributed by atoms with van der Waals surface area (Å²) in [4.78, 5) is 12.2. The number of carbonyl (C=O) groups excluding carboxylic acids is 1. The second-order valence-electron chi connectivity index (χ2n) is 4.66. The summed E-state index contributed by atoms with van der Waals surface area (Å²) in [5, 5.41) is 0. The molecule has 0 aromatic heterocycles. The zero-order valence-corrected chi connectivity index (χ0v) is 10.7. The van der Waals surface area contributed by atoms with E-state index in [1.165, 1.54) is 0 Å². The van der Waals surface area contributed by atoms with Crippen LogP contribution >= 0.6 is 0 Å². The molecule has 2 aromatic rings. The fourth-order valence-corrected chi connectivity index (χ4v) is 2.18. The van der Waals surface area contributed by atoms with Crippen molar-refractivity contribution in [2.24, 2.45) is 0 Å². The first kappa shape index (κ1) is 11.8. The van der Waals surface area contributed by atoms with Crippen molar-refractivity contribution in [3.05, 3.63) is 59.2 Å². The van der Waals surface area contributed by atoms with E-state index in [-0.39, 0.29) is 12.6 Å². The highest BCUT2D eigenvalue weighted by atomic mass is 16.7. The van der Waals surface area contributed by atoms with Gasteiger partial charge in [0.05, 0.1) is 0 Å². The number of benzene rings is 2. The van der Waals surface area contributed by atoms with Crippen LogP contribution in [0.25, 0.3) is 0 Å². The summed E-state index contributed by atoms with van der Waals surface area (Å²) in [5.41, 5.74) is 2.85. The Balaban J connectivity index is 1.81. The van der Waals surface area contributed by atoms with Gasteiger partial charge in [-0.25, -0.2) is 0 Å². The number of Topliss-reactive ketones (excluding diaryl/α,β-unsaturated/α-hetero) is 1. The second-order valence-corrected chi connectivity index (χ2v) is 4.66. The summed E-state index contributed by atoms with van der Waals surface area (Å²) in [7, 11) is 0. The van der Waals surface area contributed by atoms with Gasteiger partial charge >= 0.3 is 0 Å². The monoisotopic (exact) mass is 254 g/mol. The van der Waals surface area contributed by atoms with Crippen molar-refractivity contribution >= 4 is 5.78 Å². The lowest BCUT2D eigenvalue weighted by atomic mass is 10.0. The van der Waals surface area contributed by atoms with Gasteiger partial charge in [0.1, 0.15) is 0 Å². The first-order valence-electron chi connectivity index (χ1n) is 6.21. The van der Waals surface area contributed by atoms with Crippen LogP contribution in [-0.4, -0.2) is 12.6 Å². The summed E-state index contributed by atoms with van der Waals surface area (Å²) in [6, 6.07) is 13.3. The average Bonchev–Trinajstić information content (AvgIpc) is 2.85. The number of ether oxygens (including phenoxy) is 2. The minimum Gasteiger partial charge on any atom is -0.454 e. The molecular formula is C16H14O3. The van der Waals surface area contributed by atoms with Crippen LogP contribution < -0.4 is 9.47 Å². The zero-order chi connectivity index (χ0) is 13.2. The number of hydrogen-bond acceptors (Lipinski definition) is 3. The van der Waals surface area contributed by atoms with Gasteiger partial charge < -0.3 is 9.47 Å². The van der Waals surface area contributed by atoms with E-state index in [9.17, 15) is 4.79 Å². The molecule has 0 unspecified atom stereocenters. The Kier molecular flexibility index (Phi) is 2.95. The molecule has 0 spiro atoms. The van der Waals surface area contributed by atoms with Gasteiger partial charge in [0.15, 0.2) is 17.3 Å². The normalized spacial score (nSPS) is 12.5. The minimum absolute atomic E-state index is 0.0869. The van der Waals surface area contributed by atoms with Crippen LogP contribution in [-0.2, 0) is 6.42 Å². The molecule has 0 atom stereocenters. The van der Waals surface area contributed by atoms with E-state index in [1.807, 2.05) is 31.2 Å². The Morgan fingerprint density at radius 1 is 1.11 bits per heavy atom. The van der Waals surface area contributed by atoms with Crippen molar-refractivity contribution in [1.82, 2.24) is 0 Å². The van der Waals surface area contributed by atoms with Crippen LogP contribution in [0, 0.1) is 6.92 Å². The predicted octanol–water partition coefficient (Wildman–Crippen LogP) is 3.15. The molecule has 0 aliphatic carbocycles. The molecule has 0 bridgehead atoms. The molecule has 96 valence electrons. The number of carbonyl (C=O) groups is 1. The average molecular weight is 254 g/mol. The van der Waals surface area contributed by atoms with Crippen LogP contribution in [0.3, 0.4) is 0 Å². The fraction of sp³-hybridized carbons (Fsp3) is 0.188. The molecular weight excluding hydrogens is 240 g/mol. The molecule has 0 saturated carbocycles. The molecule has 0 saturated heterocycles. The standard InChI is InChI=1S/C16H14O3/c1-11-3-2-4-12(7-11)8-14(17)13-5-6-15-16(9-13)19-10-18-15/h2-7,9H,8,10H2,1H3. The molecule has 0 N–H and O–H groups in total. The largest absolute Gasteiger partial charge is 0.454 e. The van der Waals surface area contributed by atoms with Crippen molar-refractivity contribution in [2.45, 2.75) is 13.3 Å². The van der Waals surface area contributed by atoms with E-state index < -0.39 is 0 Å². The summed E-state index contributed by atoms with van der Waals surface area (Å²) in [6.45, 7) is 2.25. The lowest BCUT2D eigenvalue weighted by Crippen LogP contribution is -2.03. The predicted molar refractivity (Wildman–Crippen MR) is 71.8 cm³/mol.